The lowest BCUT2D eigenvalue weighted by molar-refractivity contribution is 0.00527. The van der Waals surface area contributed by atoms with E-state index in [4.69, 9.17) is 0 Å². The van der Waals surface area contributed by atoms with Crippen molar-refractivity contribution in [1.29, 1.82) is 0 Å². The molecule has 4 nitrogen and oxygen atoms in total. The van der Waals surface area contributed by atoms with Gasteiger partial charge in [-0.3, -0.25) is 0 Å². The van der Waals surface area contributed by atoms with Crippen LogP contribution in [-0.4, -0.2) is 43.8 Å². The maximum atomic E-state index is 10.4. The first kappa shape index (κ1) is 29.9. The van der Waals surface area contributed by atoms with Crippen LogP contribution in [0, 0.1) is 22.7 Å². The molecule has 4 heteroatoms. The van der Waals surface area contributed by atoms with Gasteiger partial charge in [0, 0.05) is 0 Å². The van der Waals surface area contributed by atoms with E-state index in [-0.39, 0.29) is 10.8 Å². The fourth-order valence-electron chi connectivity index (χ4n) is 8.24. The van der Waals surface area contributed by atoms with Crippen LogP contribution < -0.4 is 0 Å². The molecule has 3 aliphatic carbocycles. The van der Waals surface area contributed by atoms with Gasteiger partial charge in [0.2, 0.25) is 0 Å². The van der Waals surface area contributed by atoms with Crippen molar-refractivity contribution in [2.45, 2.75) is 155 Å². The summed E-state index contributed by atoms with van der Waals surface area (Å²) < 4.78 is 0. The normalized spacial score (nSPS) is 34.4. The second-order valence-electron chi connectivity index (χ2n) is 14.5. The van der Waals surface area contributed by atoms with Crippen LogP contribution >= 0.6 is 0 Å². The fourth-order valence-corrected chi connectivity index (χ4v) is 8.24. The predicted molar refractivity (Wildman–Crippen MR) is 149 cm³/mol. The standard InChI is InChI=1S/C32H56O4/c1-29(2,35)15-8-17-31(5,18-9-16-30(3,4)36)28-14-13-27-24(10-7-19-32(27,28)6)12-11-23-20-25(33)22-26(34)21-23/h11-12,25-28,33-36H,7-10,13-22H2,1-6H3/b23-11?,24-12+/t25-,26?,27?,28-,32+/m1/s1. The van der Waals surface area contributed by atoms with E-state index in [1.165, 1.54) is 31.3 Å². The molecular formula is C32H56O4. The van der Waals surface area contributed by atoms with E-state index >= 15 is 0 Å². The van der Waals surface area contributed by atoms with E-state index in [0.29, 0.717) is 31.1 Å². The summed E-state index contributed by atoms with van der Waals surface area (Å²) in [6.45, 7) is 12.7. The van der Waals surface area contributed by atoms with Crippen molar-refractivity contribution in [2.24, 2.45) is 22.7 Å². The summed E-state index contributed by atoms with van der Waals surface area (Å²) in [5, 5.41) is 40.9. The van der Waals surface area contributed by atoms with Crippen LogP contribution in [0.15, 0.2) is 23.3 Å². The van der Waals surface area contributed by atoms with Gasteiger partial charge in [-0.05, 0) is 127 Å². The maximum Gasteiger partial charge on any atom is 0.0602 e. The molecule has 0 aromatic rings. The minimum absolute atomic E-state index is 0.207. The molecular weight excluding hydrogens is 448 g/mol. The van der Waals surface area contributed by atoms with Gasteiger partial charge in [0.15, 0.2) is 0 Å². The zero-order valence-corrected chi connectivity index (χ0v) is 24.2. The van der Waals surface area contributed by atoms with Gasteiger partial charge in [0.1, 0.15) is 0 Å². The average Bonchev–Trinajstić information content (AvgIpc) is 3.08. The van der Waals surface area contributed by atoms with Gasteiger partial charge in [0.05, 0.1) is 23.4 Å². The van der Waals surface area contributed by atoms with Crippen molar-refractivity contribution in [3.8, 4) is 0 Å². The van der Waals surface area contributed by atoms with Crippen LogP contribution in [0.25, 0.3) is 0 Å². The van der Waals surface area contributed by atoms with Crippen LogP contribution in [0.3, 0.4) is 0 Å². The summed E-state index contributed by atoms with van der Waals surface area (Å²) in [5.41, 5.74) is 2.00. The lowest BCUT2D eigenvalue weighted by Gasteiger charge is -2.50. The van der Waals surface area contributed by atoms with Crippen molar-refractivity contribution >= 4 is 0 Å². The number of aliphatic hydroxyl groups excluding tert-OH is 2. The Morgan fingerprint density at radius 1 is 0.833 bits per heavy atom. The number of hydrogen-bond acceptors (Lipinski definition) is 4. The van der Waals surface area contributed by atoms with Crippen LogP contribution in [0.5, 0.6) is 0 Å². The number of rotatable bonds is 10. The molecule has 0 bridgehead atoms. The summed E-state index contributed by atoms with van der Waals surface area (Å²) in [4.78, 5) is 0. The second-order valence-corrected chi connectivity index (χ2v) is 14.5. The van der Waals surface area contributed by atoms with Crippen molar-refractivity contribution < 1.29 is 20.4 Å². The third kappa shape index (κ3) is 7.91. The lowest BCUT2D eigenvalue weighted by Crippen LogP contribution is -2.41. The van der Waals surface area contributed by atoms with E-state index in [9.17, 15) is 20.4 Å². The van der Waals surface area contributed by atoms with Crippen molar-refractivity contribution in [3.63, 3.8) is 0 Å². The minimum Gasteiger partial charge on any atom is -0.393 e. The number of aliphatic hydroxyl groups is 4. The van der Waals surface area contributed by atoms with E-state index in [1.54, 1.807) is 5.57 Å². The van der Waals surface area contributed by atoms with Crippen molar-refractivity contribution in [3.05, 3.63) is 23.3 Å². The van der Waals surface area contributed by atoms with Crippen LogP contribution in [0.1, 0.15) is 131 Å². The molecule has 5 atom stereocenters. The maximum absolute atomic E-state index is 10.4. The first-order valence-electron chi connectivity index (χ1n) is 14.8. The summed E-state index contributed by atoms with van der Waals surface area (Å²) in [6, 6.07) is 0. The lowest BCUT2D eigenvalue weighted by atomic mass is 9.55. The Hall–Kier alpha value is -0.680. The molecule has 36 heavy (non-hydrogen) atoms. The van der Waals surface area contributed by atoms with Gasteiger partial charge in [-0.2, -0.15) is 0 Å². The topological polar surface area (TPSA) is 80.9 Å². The van der Waals surface area contributed by atoms with Gasteiger partial charge in [-0.15, -0.1) is 0 Å². The van der Waals surface area contributed by atoms with Crippen LogP contribution in [0.2, 0.25) is 0 Å². The highest BCUT2D eigenvalue weighted by atomic mass is 16.3. The zero-order chi connectivity index (χ0) is 26.8. The Bertz CT molecular complexity index is 751. The summed E-state index contributed by atoms with van der Waals surface area (Å²) in [5.74, 6) is 1.25. The van der Waals surface area contributed by atoms with E-state index < -0.39 is 23.4 Å². The number of fused-ring (bicyclic) bond motifs is 1. The summed E-state index contributed by atoms with van der Waals surface area (Å²) >= 11 is 0. The molecule has 3 saturated carbocycles. The largest absolute Gasteiger partial charge is 0.393 e. The average molecular weight is 505 g/mol. The van der Waals surface area contributed by atoms with E-state index in [0.717, 1.165) is 44.9 Å². The molecule has 208 valence electrons. The van der Waals surface area contributed by atoms with Crippen molar-refractivity contribution in [2.75, 3.05) is 0 Å². The Balaban J connectivity index is 1.79. The van der Waals surface area contributed by atoms with Gasteiger partial charge < -0.3 is 20.4 Å². The molecule has 3 rings (SSSR count). The van der Waals surface area contributed by atoms with E-state index in [2.05, 4.69) is 26.0 Å². The van der Waals surface area contributed by atoms with Crippen LogP contribution in [0.4, 0.5) is 0 Å². The zero-order valence-electron chi connectivity index (χ0n) is 24.2. The van der Waals surface area contributed by atoms with Gasteiger partial charge in [0.25, 0.3) is 0 Å². The molecule has 3 fully saturated rings. The van der Waals surface area contributed by atoms with Gasteiger partial charge >= 0.3 is 0 Å². The first-order valence-corrected chi connectivity index (χ1v) is 14.8. The molecule has 0 amide bonds. The molecule has 0 aliphatic heterocycles. The molecule has 0 radical (unpaired) electrons. The highest BCUT2D eigenvalue weighted by Gasteiger charge is 2.54. The number of allylic oxidation sites excluding steroid dienone is 3. The van der Waals surface area contributed by atoms with Crippen LogP contribution in [-0.2, 0) is 0 Å². The highest BCUT2D eigenvalue weighted by Crippen LogP contribution is 2.64. The molecule has 0 heterocycles. The molecule has 4 N–H and O–H groups in total. The second kappa shape index (κ2) is 11.6. The quantitative estimate of drug-likeness (QED) is 0.262. The molecule has 0 aromatic heterocycles. The fraction of sp³-hybridized carbons (Fsp3) is 0.875. The predicted octanol–water partition coefficient (Wildman–Crippen LogP) is 6.85. The highest BCUT2D eigenvalue weighted by molar-refractivity contribution is 5.26. The van der Waals surface area contributed by atoms with Gasteiger partial charge in [-0.25, -0.2) is 0 Å². The van der Waals surface area contributed by atoms with Gasteiger partial charge in [-0.1, -0.05) is 50.0 Å². The summed E-state index contributed by atoms with van der Waals surface area (Å²) in [7, 11) is 0. The third-order valence-corrected chi connectivity index (χ3v) is 9.95. The smallest absolute Gasteiger partial charge is 0.0602 e. The first-order chi connectivity index (χ1) is 16.6. The monoisotopic (exact) mass is 504 g/mol. The minimum atomic E-state index is -0.620. The molecule has 3 aliphatic rings. The summed E-state index contributed by atoms with van der Waals surface area (Å²) in [6.07, 6.45) is 17.8. The molecule has 0 saturated heterocycles. The Labute approximate surface area is 221 Å². The Kier molecular flexibility index (Phi) is 9.62. The molecule has 0 aromatic carbocycles. The Morgan fingerprint density at radius 2 is 1.39 bits per heavy atom. The molecule has 2 unspecified atom stereocenters. The Morgan fingerprint density at radius 3 is 1.92 bits per heavy atom. The van der Waals surface area contributed by atoms with Crippen molar-refractivity contribution in [1.82, 2.24) is 0 Å². The van der Waals surface area contributed by atoms with E-state index in [1.807, 2.05) is 27.7 Å². The third-order valence-electron chi connectivity index (χ3n) is 9.95. The number of hydrogen-bond donors (Lipinski definition) is 4. The molecule has 0 spiro atoms. The SMILES string of the molecule is CC(C)(O)CCCC(C)(CCCC(C)(C)O)[C@H]1CCC2/C(=C/C=C3CC(O)C[C@H](O)C3)CCC[C@@]21C.